The van der Waals surface area contributed by atoms with Crippen LogP contribution in [0.15, 0.2) is 0 Å². The molecule has 1 rings (SSSR count). The van der Waals surface area contributed by atoms with E-state index in [0.29, 0.717) is 6.42 Å². The van der Waals surface area contributed by atoms with Gasteiger partial charge in [0.2, 0.25) is 47.6 Å². The molecule has 0 spiro atoms. The zero-order valence-corrected chi connectivity index (χ0v) is 18.9. The van der Waals surface area contributed by atoms with Crippen LogP contribution < -0.4 is 43.0 Å². The molecule has 0 aromatic carbocycles. The minimum Gasteiger partial charge on any atom is -0.370 e. The average Bonchev–Trinajstić information content (AvgIpc) is 3.36. The first-order chi connectivity index (χ1) is 16.6. The van der Waals surface area contributed by atoms with Crippen LogP contribution in [0.5, 0.6) is 0 Å². The smallest absolute Gasteiger partial charge is 0.243 e. The highest BCUT2D eigenvalue weighted by molar-refractivity contribution is 5.94. The van der Waals surface area contributed by atoms with Crippen LogP contribution in [0.25, 0.3) is 0 Å². The summed E-state index contributed by atoms with van der Waals surface area (Å²) in [6.07, 6.45) is 2.44. The Morgan fingerprint density at radius 2 is 1.37 bits per heavy atom. The van der Waals surface area contributed by atoms with E-state index in [9.17, 15) is 38.4 Å². The van der Waals surface area contributed by atoms with Gasteiger partial charge in [-0.15, -0.1) is 0 Å². The molecule has 35 heavy (non-hydrogen) atoms. The van der Waals surface area contributed by atoms with Crippen LogP contribution in [0.4, 0.5) is 0 Å². The van der Waals surface area contributed by atoms with Gasteiger partial charge >= 0.3 is 0 Å². The first kappa shape index (κ1) is 29.0. The lowest BCUT2D eigenvalue weighted by Crippen LogP contribution is -2.51. The van der Waals surface area contributed by atoms with Gasteiger partial charge < -0.3 is 43.0 Å². The van der Waals surface area contributed by atoms with Crippen LogP contribution in [0.3, 0.4) is 0 Å². The predicted octanol–water partition coefficient (Wildman–Crippen LogP) is -6.21. The van der Waals surface area contributed by atoms with Gasteiger partial charge in [-0.05, 0) is 19.4 Å². The molecule has 1 saturated heterocycles. The first-order valence-corrected chi connectivity index (χ1v) is 10.6. The average molecular weight is 497 g/mol. The molecule has 0 bridgehead atoms. The van der Waals surface area contributed by atoms with Crippen molar-refractivity contribution in [2.24, 2.45) is 5.73 Å². The number of carbonyl (C=O) groups is 7. The summed E-state index contributed by atoms with van der Waals surface area (Å²) in [5.41, 5.74) is 5.02. The highest BCUT2D eigenvalue weighted by Gasteiger charge is 2.23. The molecule has 0 saturated carbocycles. The predicted molar refractivity (Wildman–Crippen MR) is 118 cm³/mol. The monoisotopic (exact) mass is 497 g/mol. The second-order valence-corrected chi connectivity index (χ2v) is 7.35. The van der Waals surface area contributed by atoms with Crippen LogP contribution in [-0.4, -0.2) is 99.0 Å². The molecule has 1 aliphatic heterocycles. The van der Waals surface area contributed by atoms with E-state index in [4.69, 9.17) is 5.73 Å². The van der Waals surface area contributed by atoms with E-state index in [-0.39, 0.29) is 18.5 Å². The van der Waals surface area contributed by atoms with E-state index in [2.05, 4.69) is 37.2 Å². The largest absolute Gasteiger partial charge is 0.370 e. The van der Waals surface area contributed by atoms with E-state index in [1.807, 2.05) is 0 Å². The number of nitrogens with two attached hydrogens (primary N) is 1. The van der Waals surface area contributed by atoms with Crippen molar-refractivity contribution in [3.63, 3.8) is 0 Å². The molecule has 0 unspecified atom stereocenters. The van der Waals surface area contributed by atoms with Crippen molar-refractivity contribution in [2.75, 3.05) is 39.3 Å². The maximum Gasteiger partial charge on any atom is 0.243 e. The quantitative estimate of drug-likeness (QED) is 0.107. The second kappa shape index (κ2) is 15.7. The number of hydrogen-bond acceptors (Lipinski definition) is 9. The Kier molecular flexibility index (Phi) is 13.0. The number of primary amides is 1. The topological polar surface area (TPSA) is 247 Å². The lowest BCUT2D eigenvalue weighted by atomic mass is 10.2. The molecule has 7 amide bonds. The van der Waals surface area contributed by atoms with Crippen LogP contribution >= 0.6 is 0 Å². The van der Waals surface area contributed by atoms with E-state index in [1.54, 1.807) is 0 Å². The molecular weight excluding hydrogens is 468 g/mol. The number of carbonyl (C=O) groups excluding carboxylic acids is 8. The van der Waals surface area contributed by atoms with Crippen molar-refractivity contribution >= 4 is 47.6 Å². The van der Waals surface area contributed by atoms with Gasteiger partial charge in [0.05, 0.1) is 45.2 Å². The summed E-state index contributed by atoms with van der Waals surface area (Å²) in [4.78, 5) is 92.1. The van der Waals surface area contributed by atoms with Gasteiger partial charge in [0, 0.05) is 0 Å². The Morgan fingerprint density at radius 1 is 0.829 bits per heavy atom. The van der Waals surface area contributed by atoms with Crippen molar-refractivity contribution in [1.82, 2.24) is 37.2 Å². The summed E-state index contributed by atoms with van der Waals surface area (Å²) in [6, 6.07) is -1.69. The van der Waals surface area contributed by atoms with Crippen molar-refractivity contribution in [3.8, 4) is 0 Å². The Hall–Kier alpha value is -4.08. The lowest BCUT2D eigenvalue weighted by Gasteiger charge is -2.16. The number of amides is 7. The van der Waals surface area contributed by atoms with Gasteiger partial charge in [-0.1, -0.05) is 0 Å². The third-order valence-corrected chi connectivity index (χ3v) is 4.53. The zero-order chi connectivity index (χ0) is 26.2. The maximum atomic E-state index is 11.9. The normalized spacial score (nSPS) is 15.1. The van der Waals surface area contributed by atoms with Crippen molar-refractivity contribution in [3.05, 3.63) is 0 Å². The van der Waals surface area contributed by atoms with Crippen LogP contribution in [0.1, 0.15) is 19.3 Å². The molecule has 0 aromatic heterocycles. The van der Waals surface area contributed by atoms with Gasteiger partial charge in [-0.3, -0.25) is 38.4 Å². The molecule has 193 valence electrons. The highest BCUT2D eigenvalue weighted by atomic mass is 16.2. The summed E-state index contributed by atoms with van der Waals surface area (Å²) < 4.78 is 0. The fourth-order valence-corrected chi connectivity index (χ4v) is 2.83. The van der Waals surface area contributed by atoms with Gasteiger partial charge in [0.25, 0.3) is 0 Å². The third-order valence-electron chi connectivity index (χ3n) is 4.53. The summed E-state index contributed by atoms with van der Waals surface area (Å²) in [5, 5.41) is 16.4. The van der Waals surface area contributed by atoms with Crippen LogP contribution in [0.2, 0.25) is 0 Å². The molecule has 0 aliphatic carbocycles. The molecule has 1 heterocycles. The van der Waals surface area contributed by atoms with Crippen LogP contribution in [-0.2, 0) is 38.4 Å². The summed E-state index contributed by atoms with van der Waals surface area (Å²) >= 11 is 0. The fraction of sp³-hybridized carbons (Fsp3) is 0.579. The SMILES string of the molecule is NC(=O)C[C@H](NC(=O)CNC(=O)CNC(=O)CNC(=O)CNC(=O)[C@@H]1CCCN1)C(=O)NC[C]=O. The molecule has 1 aliphatic rings. The van der Waals surface area contributed by atoms with Crippen molar-refractivity contribution < 1.29 is 38.4 Å². The Morgan fingerprint density at radius 3 is 1.86 bits per heavy atom. The van der Waals surface area contributed by atoms with E-state index < -0.39 is 74.1 Å². The molecule has 0 aromatic rings. The molecule has 1 fully saturated rings. The lowest BCUT2D eigenvalue weighted by molar-refractivity contribution is -0.131. The standard InChI is InChI=1S/C19H29N8O8/c20-13(29)6-12(19(35)22-4-5-28)27-17(33)10-25-15(31)8-23-14(30)7-24-16(32)9-26-18(34)11-2-1-3-21-11/h11-12,21H,1-4,6-10H2,(H2,20,29)(H,22,35)(H,23,30)(H,24,32)(H,25,31)(H,26,34)(H,27,33)/t11-,12-/m0/s1. The minimum atomic E-state index is -1.35. The molecule has 1 radical (unpaired) electrons. The maximum absolute atomic E-state index is 11.9. The van der Waals surface area contributed by atoms with E-state index in [1.165, 1.54) is 6.29 Å². The van der Waals surface area contributed by atoms with Crippen LogP contribution in [0, 0.1) is 0 Å². The summed E-state index contributed by atoms with van der Waals surface area (Å²) in [7, 11) is 0. The van der Waals surface area contributed by atoms with Gasteiger partial charge in [-0.25, -0.2) is 0 Å². The van der Waals surface area contributed by atoms with Crippen molar-refractivity contribution in [2.45, 2.75) is 31.3 Å². The number of hydrogen-bond donors (Lipinski definition) is 8. The third kappa shape index (κ3) is 12.7. The second-order valence-electron chi connectivity index (χ2n) is 7.35. The van der Waals surface area contributed by atoms with Gasteiger partial charge in [0.15, 0.2) is 0 Å². The Labute approximate surface area is 200 Å². The fourth-order valence-electron chi connectivity index (χ4n) is 2.83. The van der Waals surface area contributed by atoms with Gasteiger partial charge in [0.1, 0.15) is 6.04 Å². The first-order valence-electron chi connectivity index (χ1n) is 10.6. The molecule has 16 heteroatoms. The van der Waals surface area contributed by atoms with E-state index in [0.717, 1.165) is 13.0 Å². The molecular formula is C19H29N8O8. The molecule has 2 atom stereocenters. The summed E-state index contributed by atoms with van der Waals surface area (Å²) in [6.45, 7) is -1.55. The highest BCUT2D eigenvalue weighted by Crippen LogP contribution is 2.03. The summed E-state index contributed by atoms with van der Waals surface area (Å²) in [5.74, 6) is -4.88. The minimum absolute atomic E-state index is 0.302. The Balaban J connectivity index is 2.25. The zero-order valence-electron chi connectivity index (χ0n) is 18.9. The number of rotatable bonds is 15. The van der Waals surface area contributed by atoms with E-state index >= 15 is 0 Å². The molecule has 9 N–H and O–H groups in total. The Bertz CT molecular complexity index is 828. The molecule has 16 nitrogen and oxygen atoms in total. The van der Waals surface area contributed by atoms with Crippen molar-refractivity contribution in [1.29, 1.82) is 0 Å². The van der Waals surface area contributed by atoms with Gasteiger partial charge in [-0.2, -0.15) is 0 Å². The number of nitrogens with one attached hydrogen (secondary N) is 7.